The van der Waals surface area contributed by atoms with Crippen LogP contribution in [-0.4, -0.2) is 5.97 Å². The van der Waals surface area contributed by atoms with Crippen molar-refractivity contribution in [3.8, 4) is 11.5 Å². The zero-order valence-electron chi connectivity index (χ0n) is 10.4. The minimum atomic E-state index is -0.367. The lowest BCUT2D eigenvalue weighted by molar-refractivity contribution is -0.131. The van der Waals surface area contributed by atoms with E-state index < -0.39 is 0 Å². The molecule has 0 bridgehead atoms. The first-order valence-corrected chi connectivity index (χ1v) is 5.79. The lowest BCUT2D eigenvalue weighted by Crippen LogP contribution is -2.01. The second-order valence-corrected chi connectivity index (χ2v) is 3.98. The van der Waals surface area contributed by atoms with Gasteiger partial charge in [0, 0.05) is 6.92 Å². The molecule has 0 spiro atoms. The number of esters is 1. The summed E-state index contributed by atoms with van der Waals surface area (Å²) in [6, 6.07) is 12.9. The Balaban J connectivity index is 1.94. The van der Waals surface area contributed by atoms with Gasteiger partial charge < -0.3 is 9.47 Å². The first kappa shape index (κ1) is 13.1. The van der Waals surface area contributed by atoms with Gasteiger partial charge in [0.05, 0.1) is 0 Å². The molecule has 0 saturated carbocycles. The summed E-state index contributed by atoms with van der Waals surface area (Å²) in [6.45, 7) is 1.62. The van der Waals surface area contributed by atoms with Crippen molar-refractivity contribution in [2.45, 2.75) is 13.5 Å². The molecule has 0 N–H and O–H groups in total. The molecule has 0 radical (unpaired) electrons. The molecule has 0 aliphatic heterocycles. The zero-order chi connectivity index (χ0) is 13.7. The number of benzene rings is 2. The molecular formula is C15H13FO3. The van der Waals surface area contributed by atoms with E-state index in [9.17, 15) is 9.18 Å². The van der Waals surface area contributed by atoms with Crippen LogP contribution in [0.2, 0.25) is 0 Å². The highest BCUT2D eigenvalue weighted by molar-refractivity contribution is 5.69. The first-order chi connectivity index (χ1) is 9.13. The van der Waals surface area contributed by atoms with Gasteiger partial charge in [-0.3, -0.25) is 4.79 Å². The molecule has 0 aromatic heterocycles. The predicted molar refractivity (Wildman–Crippen MR) is 68.5 cm³/mol. The van der Waals surface area contributed by atoms with Crippen molar-refractivity contribution < 1.29 is 18.7 Å². The van der Waals surface area contributed by atoms with Gasteiger partial charge in [0.2, 0.25) is 0 Å². The van der Waals surface area contributed by atoms with Gasteiger partial charge >= 0.3 is 5.97 Å². The largest absolute Gasteiger partial charge is 0.489 e. The first-order valence-electron chi connectivity index (χ1n) is 5.79. The van der Waals surface area contributed by atoms with Crippen LogP contribution in [0.1, 0.15) is 12.5 Å². The minimum Gasteiger partial charge on any atom is -0.489 e. The second-order valence-electron chi connectivity index (χ2n) is 3.98. The van der Waals surface area contributed by atoms with E-state index in [4.69, 9.17) is 9.47 Å². The third kappa shape index (κ3) is 4.10. The maximum atomic E-state index is 13.0. The minimum absolute atomic E-state index is 0.282. The molecule has 2 rings (SSSR count). The molecule has 0 atom stereocenters. The number of hydrogen-bond acceptors (Lipinski definition) is 3. The van der Waals surface area contributed by atoms with Gasteiger partial charge in [-0.1, -0.05) is 12.1 Å². The number of rotatable bonds is 4. The lowest BCUT2D eigenvalue weighted by Gasteiger charge is -2.07. The lowest BCUT2D eigenvalue weighted by atomic mass is 10.2. The van der Waals surface area contributed by atoms with Crippen LogP contribution in [0.5, 0.6) is 11.5 Å². The Bertz CT molecular complexity index is 564. The van der Waals surface area contributed by atoms with Crippen molar-refractivity contribution >= 4 is 5.97 Å². The van der Waals surface area contributed by atoms with Crippen molar-refractivity contribution in [1.82, 2.24) is 0 Å². The maximum absolute atomic E-state index is 13.0. The summed E-state index contributed by atoms with van der Waals surface area (Å²) in [7, 11) is 0. The van der Waals surface area contributed by atoms with E-state index in [-0.39, 0.29) is 18.4 Å². The molecule has 0 saturated heterocycles. The molecule has 0 unspecified atom stereocenters. The van der Waals surface area contributed by atoms with Gasteiger partial charge in [0.15, 0.2) is 0 Å². The van der Waals surface area contributed by atoms with Gasteiger partial charge in [-0.2, -0.15) is 0 Å². The highest BCUT2D eigenvalue weighted by Crippen LogP contribution is 2.19. The average Bonchev–Trinajstić information content (AvgIpc) is 2.37. The molecule has 0 fully saturated rings. The van der Waals surface area contributed by atoms with Crippen LogP contribution in [0.25, 0.3) is 0 Å². The van der Waals surface area contributed by atoms with Crippen LogP contribution in [-0.2, 0) is 11.4 Å². The van der Waals surface area contributed by atoms with Crippen LogP contribution >= 0.6 is 0 Å². The predicted octanol–water partition coefficient (Wildman–Crippen LogP) is 3.33. The van der Waals surface area contributed by atoms with Gasteiger partial charge in [0.25, 0.3) is 0 Å². The second kappa shape index (κ2) is 6.00. The SMILES string of the molecule is CC(=O)Oc1ccc(OCc2cccc(F)c2)cc1. The summed E-state index contributed by atoms with van der Waals surface area (Å²) in [4.78, 5) is 10.8. The molecule has 2 aromatic carbocycles. The Morgan fingerprint density at radius 3 is 2.42 bits per heavy atom. The summed E-state index contributed by atoms with van der Waals surface area (Å²) < 4.78 is 23.4. The van der Waals surface area contributed by atoms with Crippen molar-refractivity contribution in [3.05, 3.63) is 59.9 Å². The van der Waals surface area contributed by atoms with E-state index in [1.165, 1.54) is 19.1 Å². The van der Waals surface area contributed by atoms with Crippen LogP contribution in [0.15, 0.2) is 48.5 Å². The van der Waals surface area contributed by atoms with Gasteiger partial charge in [0.1, 0.15) is 23.9 Å². The molecule has 0 amide bonds. The summed E-state index contributed by atoms with van der Waals surface area (Å²) in [5, 5.41) is 0. The number of halogens is 1. The Kier molecular flexibility index (Phi) is 4.13. The summed E-state index contributed by atoms with van der Waals surface area (Å²) >= 11 is 0. The van der Waals surface area contributed by atoms with Crippen molar-refractivity contribution in [2.24, 2.45) is 0 Å². The Morgan fingerprint density at radius 1 is 1.11 bits per heavy atom. The number of hydrogen-bond donors (Lipinski definition) is 0. The quantitative estimate of drug-likeness (QED) is 0.625. The molecule has 0 aliphatic carbocycles. The Hall–Kier alpha value is -2.36. The molecule has 19 heavy (non-hydrogen) atoms. The van der Waals surface area contributed by atoms with Gasteiger partial charge in [-0.25, -0.2) is 4.39 Å². The fourth-order valence-corrected chi connectivity index (χ4v) is 1.56. The van der Waals surface area contributed by atoms with E-state index in [2.05, 4.69) is 0 Å². The standard InChI is InChI=1S/C15H13FO3/c1-11(17)19-15-7-5-14(6-8-15)18-10-12-3-2-4-13(16)9-12/h2-9H,10H2,1H3. The molecule has 4 heteroatoms. The fourth-order valence-electron chi connectivity index (χ4n) is 1.56. The zero-order valence-corrected chi connectivity index (χ0v) is 10.4. The molecule has 98 valence electrons. The number of ether oxygens (including phenoxy) is 2. The monoisotopic (exact) mass is 260 g/mol. The van der Waals surface area contributed by atoms with Gasteiger partial charge in [-0.15, -0.1) is 0 Å². The third-order valence-electron chi connectivity index (χ3n) is 2.38. The van der Waals surface area contributed by atoms with Crippen LogP contribution in [0.4, 0.5) is 4.39 Å². The highest BCUT2D eigenvalue weighted by atomic mass is 19.1. The Labute approximate surface area is 110 Å². The van der Waals surface area contributed by atoms with E-state index in [0.717, 1.165) is 5.56 Å². The van der Waals surface area contributed by atoms with E-state index in [1.54, 1.807) is 36.4 Å². The maximum Gasteiger partial charge on any atom is 0.308 e. The van der Waals surface area contributed by atoms with E-state index in [0.29, 0.717) is 11.5 Å². The van der Waals surface area contributed by atoms with E-state index >= 15 is 0 Å². The summed E-state index contributed by atoms with van der Waals surface area (Å²) in [5.74, 6) is 0.436. The summed E-state index contributed by atoms with van der Waals surface area (Å²) in [6.07, 6.45) is 0. The van der Waals surface area contributed by atoms with Crippen LogP contribution in [0, 0.1) is 5.82 Å². The van der Waals surface area contributed by atoms with Crippen molar-refractivity contribution in [2.75, 3.05) is 0 Å². The number of carbonyl (C=O) groups excluding carboxylic acids is 1. The van der Waals surface area contributed by atoms with Crippen LogP contribution < -0.4 is 9.47 Å². The van der Waals surface area contributed by atoms with Crippen molar-refractivity contribution in [1.29, 1.82) is 0 Å². The topological polar surface area (TPSA) is 35.5 Å². The Morgan fingerprint density at radius 2 is 1.79 bits per heavy atom. The normalized spacial score (nSPS) is 10.0. The highest BCUT2D eigenvalue weighted by Gasteiger charge is 2.00. The third-order valence-corrected chi connectivity index (χ3v) is 2.38. The molecule has 0 aliphatic rings. The molecular weight excluding hydrogens is 247 g/mol. The van der Waals surface area contributed by atoms with E-state index in [1.807, 2.05) is 0 Å². The van der Waals surface area contributed by atoms with Crippen molar-refractivity contribution in [3.63, 3.8) is 0 Å². The molecule has 0 heterocycles. The van der Waals surface area contributed by atoms with Gasteiger partial charge in [-0.05, 0) is 42.0 Å². The summed E-state index contributed by atoms with van der Waals surface area (Å²) in [5.41, 5.74) is 0.754. The smallest absolute Gasteiger partial charge is 0.308 e. The molecule has 2 aromatic rings. The molecule has 3 nitrogen and oxygen atoms in total. The average molecular weight is 260 g/mol. The fraction of sp³-hybridized carbons (Fsp3) is 0.133. The van der Waals surface area contributed by atoms with Crippen LogP contribution in [0.3, 0.4) is 0 Å². The number of carbonyl (C=O) groups is 1.